The van der Waals surface area contributed by atoms with Crippen molar-refractivity contribution in [1.29, 1.82) is 0 Å². The van der Waals surface area contributed by atoms with Gasteiger partial charge in [0.1, 0.15) is 0 Å². The van der Waals surface area contributed by atoms with E-state index in [-0.39, 0.29) is 29.7 Å². The van der Waals surface area contributed by atoms with Gasteiger partial charge in [-0.15, -0.1) is 0 Å². The molecule has 18 heavy (non-hydrogen) atoms. The maximum atomic E-state index is 12.1. The maximum Gasteiger partial charge on any atom is 0.233 e. The predicted molar refractivity (Wildman–Crippen MR) is 68.7 cm³/mol. The molecule has 2 saturated heterocycles. The van der Waals surface area contributed by atoms with Crippen LogP contribution in [0, 0.1) is 11.8 Å². The lowest BCUT2D eigenvalue weighted by Gasteiger charge is -2.35. The molecule has 0 aromatic rings. The SMILES string of the molecule is CC1C(=O)N(C2CCN(CCN)CC2)C(=O)C1C. The minimum atomic E-state index is -0.153. The second-order valence-corrected chi connectivity index (χ2v) is 5.49. The van der Waals surface area contributed by atoms with Gasteiger partial charge in [-0.05, 0) is 12.8 Å². The average Bonchev–Trinajstić information content (AvgIpc) is 2.56. The van der Waals surface area contributed by atoms with E-state index in [9.17, 15) is 9.59 Å². The van der Waals surface area contributed by atoms with Crippen LogP contribution in [0.3, 0.4) is 0 Å². The molecule has 102 valence electrons. The minimum absolute atomic E-state index is 0.0183. The van der Waals surface area contributed by atoms with Crippen molar-refractivity contribution in [3.63, 3.8) is 0 Å². The first-order valence-corrected chi connectivity index (χ1v) is 6.85. The number of nitrogens with zero attached hydrogens (tertiary/aromatic N) is 2. The summed E-state index contributed by atoms with van der Waals surface area (Å²) in [4.78, 5) is 28.0. The maximum absolute atomic E-state index is 12.1. The van der Waals surface area contributed by atoms with E-state index in [0.29, 0.717) is 6.54 Å². The standard InChI is InChI=1S/C13H23N3O2/c1-9-10(2)13(18)16(12(9)17)11-3-6-15(7-4-11)8-5-14/h9-11H,3-8,14H2,1-2H3. The van der Waals surface area contributed by atoms with Gasteiger partial charge in [0, 0.05) is 44.1 Å². The molecule has 2 aliphatic heterocycles. The molecule has 2 heterocycles. The van der Waals surface area contributed by atoms with Gasteiger partial charge in [-0.3, -0.25) is 14.5 Å². The minimum Gasteiger partial charge on any atom is -0.329 e. The zero-order chi connectivity index (χ0) is 13.3. The van der Waals surface area contributed by atoms with Crippen LogP contribution in [0.4, 0.5) is 0 Å². The Kier molecular flexibility index (Phi) is 4.02. The largest absolute Gasteiger partial charge is 0.329 e. The Balaban J connectivity index is 1.97. The number of carbonyl (C=O) groups excluding carboxylic acids is 2. The molecule has 2 atom stereocenters. The molecule has 0 aromatic carbocycles. The molecule has 5 heteroatoms. The lowest BCUT2D eigenvalue weighted by molar-refractivity contribution is -0.143. The fraction of sp³-hybridized carbons (Fsp3) is 0.846. The summed E-state index contributed by atoms with van der Waals surface area (Å²) in [5.41, 5.74) is 5.54. The lowest BCUT2D eigenvalue weighted by Crippen LogP contribution is -2.48. The third-order valence-electron chi connectivity index (χ3n) is 4.37. The van der Waals surface area contributed by atoms with Crippen LogP contribution in [-0.2, 0) is 9.59 Å². The Hall–Kier alpha value is -0.940. The number of amides is 2. The number of hydrogen-bond donors (Lipinski definition) is 1. The number of piperidine rings is 1. The first kappa shape index (κ1) is 13.5. The van der Waals surface area contributed by atoms with Gasteiger partial charge in [0.05, 0.1) is 0 Å². The van der Waals surface area contributed by atoms with Crippen LogP contribution in [0.25, 0.3) is 0 Å². The monoisotopic (exact) mass is 253 g/mol. The Bertz CT molecular complexity index is 317. The summed E-state index contributed by atoms with van der Waals surface area (Å²) in [5.74, 6) is -0.270. The number of carbonyl (C=O) groups is 2. The van der Waals surface area contributed by atoms with Gasteiger partial charge in [-0.25, -0.2) is 0 Å². The van der Waals surface area contributed by atoms with Crippen LogP contribution >= 0.6 is 0 Å². The van der Waals surface area contributed by atoms with Gasteiger partial charge in [0.2, 0.25) is 11.8 Å². The van der Waals surface area contributed by atoms with E-state index < -0.39 is 0 Å². The zero-order valence-corrected chi connectivity index (χ0v) is 11.3. The van der Waals surface area contributed by atoms with E-state index in [2.05, 4.69) is 4.90 Å². The molecule has 5 nitrogen and oxygen atoms in total. The Labute approximate surface area is 108 Å². The fourth-order valence-electron chi connectivity index (χ4n) is 2.92. The summed E-state index contributed by atoms with van der Waals surface area (Å²) >= 11 is 0. The fourth-order valence-corrected chi connectivity index (χ4v) is 2.92. The molecule has 2 unspecified atom stereocenters. The van der Waals surface area contributed by atoms with Gasteiger partial charge in [0.15, 0.2) is 0 Å². The summed E-state index contributed by atoms with van der Waals surface area (Å²) in [6.45, 7) is 7.15. The highest BCUT2D eigenvalue weighted by Crippen LogP contribution is 2.30. The first-order chi connectivity index (χ1) is 8.56. The Morgan fingerprint density at radius 3 is 2.06 bits per heavy atom. The number of hydrogen-bond acceptors (Lipinski definition) is 4. The van der Waals surface area contributed by atoms with Gasteiger partial charge in [-0.1, -0.05) is 13.8 Å². The Morgan fingerprint density at radius 1 is 1.11 bits per heavy atom. The van der Waals surface area contributed by atoms with Crippen LogP contribution in [0.15, 0.2) is 0 Å². The highest BCUT2D eigenvalue weighted by atomic mass is 16.2. The molecule has 2 fully saturated rings. The van der Waals surface area contributed by atoms with E-state index in [0.717, 1.165) is 32.5 Å². The van der Waals surface area contributed by atoms with Crippen molar-refractivity contribution in [2.45, 2.75) is 32.7 Å². The molecule has 0 saturated carbocycles. The summed E-state index contributed by atoms with van der Waals surface area (Å²) in [7, 11) is 0. The second-order valence-electron chi connectivity index (χ2n) is 5.49. The molecule has 0 aliphatic carbocycles. The van der Waals surface area contributed by atoms with Crippen molar-refractivity contribution in [2.24, 2.45) is 17.6 Å². The zero-order valence-electron chi connectivity index (χ0n) is 11.3. The molecule has 0 radical (unpaired) electrons. The van der Waals surface area contributed by atoms with E-state index in [1.165, 1.54) is 4.90 Å². The first-order valence-electron chi connectivity index (χ1n) is 6.85. The van der Waals surface area contributed by atoms with Crippen molar-refractivity contribution < 1.29 is 9.59 Å². The van der Waals surface area contributed by atoms with Crippen LogP contribution < -0.4 is 5.73 Å². The van der Waals surface area contributed by atoms with E-state index in [1.807, 2.05) is 13.8 Å². The van der Waals surface area contributed by atoms with Gasteiger partial charge < -0.3 is 10.6 Å². The highest BCUT2D eigenvalue weighted by molar-refractivity contribution is 6.05. The van der Waals surface area contributed by atoms with Crippen molar-refractivity contribution in [3.05, 3.63) is 0 Å². The van der Waals surface area contributed by atoms with Crippen LogP contribution in [0.5, 0.6) is 0 Å². The third kappa shape index (κ3) is 2.29. The highest BCUT2D eigenvalue weighted by Gasteiger charge is 2.45. The molecule has 2 aliphatic rings. The van der Waals surface area contributed by atoms with Crippen LogP contribution in [0.1, 0.15) is 26.7 Å². The van der Waals surface area contributed by atoms with Gasteiger partial charge in [-0.2, -0.15) is 0 Å². The normalized spacial score (nSPS) is 31.4. The molecular formula is C13H23N3O2. The average molecular weight is 253 g/mol. The van der Waals surface area contributed by atoms with Crippen molar-refractivity contribution >= 4 is 11.8 Å². The molecule has 0 spiro atoms. The van der Waals surface area contributed by atoms with Crippen LogP contribution in [-0.4, -0.2) is 53.8 Å². The van der Waals surface area contributed by atoms with Crippen molar-refractivity contribution in [2.75, 3.05) is 26.2 Å². The van der Waals surface area contributed by atoms with E-state index in [4.69, 9.17) is 5.73 Å². The smallest absolute Gasteiger partial charge is 0.233 e. The topological polar surface area (TPSA) is 66.6 Å². The molecule has 2 N–H and O–H groups in total. The van der Waals surface area contributed by atoms with E-state index >= 15 is 0 Å². The van der Waals surface area contributed by atoms with Crippen molar-refractivity contribution in [1.82, 2.24) is 9.80 Å². The summed E-state index contributed by atoms with van der Waals surface area (Å²) < 4.78 is 0. The molecule has 0 aromatic heterocycles. The van der Waals surface area contributed by atoms with Gasteiger partial charge in [0.25, 0.3) is 0 Å². The number of rotatable bonds is 3. The number of imide groups is 1. The molecule has 0 bridgehead atoms. The summed E-state index contributed by atoms with van der Waals surface area (Å²) in [6.07, 6.45) is 1.77. The Morgan fingerprint density at radius 2 is 1.61 bits per heavy atom. The number of likely N-dealkylation sites (tertiary alicyclic amines) is 2. The van der Waals surface area contributed by atoms with Crippen molar-refractivity contribution in [3.8, 4) is 0 Å². The predicted octanol–water partition coefficient (Wildman–Crippen LogP) is 0.0505. The van der Waals surface area contributed by atoms with Crippen LogP contribution in [0.2, 0.25) is 0 Å². The van der Waals surface area contributed by atoms with E-state index in [1.54, 1.807) is 0 Å². The summed E-state index contributed by atoms with van der Waals surface area (Å²) in [6, 6.07) is 0.103. The summed E-state index contributed by atoms with van der Waals surface area (Å²) in [5, 5.41) is 0. The lowest BCUT2D eigenvalue weighted by atomic mass is 10.00. The van der Waals surface area contributed by atoms with Gasteiger partial charge >= 0.3 is 0 Å². The second kappa shape index (κ2) is 5.36. The molecule has 2 rings (SSSR count). The number of nitrogens with two attached hydrogens (primary N) is 1. The third-order valence-corrected chi connectivity index (χ3v) is 4.37. The molecule has 2 amide bonds. The molecular weight excluding hydrogens is 230 g/mol. The quantitative estimate of drug-likeness (QED) is 0.722.